The summed E-state index contributed by atoms with van der Waals surface area (Å²) in [6, 6.07) is 5.71. The molecule has 0 aromatic heterocycles. The van der Waals surface area contributed by atoms with Crippen LogP contribution < -0.4 is 10.6 Å². The average molecular weight is 265 g/mol. The van der Waals surface area contributed by atoms with Gasteiger partial charge in [0.15, 0.2) is 0 Å². The zero-order chi connectivity index (χ0) is 12.6. The highest BCUT2D eigenvalue weighted by molar-refractivity contribution is 6.34. The average Bonchev–Trinajstić information content (AvgIpc) is 2.47. The van der Waals surface area contributed by atoms with Crippen LogP contribution in [0, 0.1) is 0 Å². The molecule has 1 aliphatic carbocycles. The molecule has 0 radical (unpaired) electrons. The van der Waals surface area contributed by atoms with E-state index in [-0.39, 0.29) is 11.4 Å². The lowest BCUT2D eigenvalue weighted by molar-refractivity contribution is -0.117. The van der Waals surface area contributed by atoms with Crippen LogP contribution in [0.25, 0.3) is 0 Å². The first-order chi connectivity index (χ1) is 8.69. The number of amides is 1. The zero-order valence-corrected chi connectivity index (χ0v) is 11.0. The van der Waals surface area contributed by atoms with Gasteiger partial charge in [-0.3, -0.25) is 4.79 Å². The summed E-state index contributed by atoms with van der Waals surface area (Å²) in [6.45, 7) is 0. The molecule has 96 valence electrons. The first-order valence-electron chi connectivity index (χ1n) is 6.55. The maximum absolute atomic E-state index is 12.1. The summed E-state index contributed by atoms with van der Waals surface area (Å²) in [5, 5.41) is 7.11. The van der Waals surface area contributed by atoms with Crippen LogP contribution in [-0.4, -0.2) is 11.4 Å². The Balaban J connectivity index is 2.00. The van der Waals surface area contributed by atoms with E-state index in [1.165, 1.54) is 19.3 Å². The number of carbonyl (C=O) groups excluding carboxylic acids is 1. The van der Waals surface area contributed by atoms with Gasteiger partial charge in [-0.05, 0) is 25.0 Å². The molecule has 2 aliphatic rings. The van der Waals surface area contributed by atoms with E-state index in [2.05, 4.69) is 10.6 Å². The molecular formula is C14H17ClN2O. The maximum Gasteiger partial charge on any atom is 0.226 e. The molecular weight excluding hydrogens is 248 g/mol. The molecule has 1 aliphatic heterocycles. The third kappa shape index (κ3) is 2.07. The van der Waals surface area contributed by atoms with E-state index in [0.29, 0.717) is 11.4 Å². The molecule has 1 saturated carbocycles. The highest BCUT2D eigenvalue weighted by Crippen LogP contribution is 2.41. The number of carbonyl (C=O) groups is 1. The summed E-state index contributed by atoms with van der Waals surface area (Å²) in [6.07, 6.45) is 6.32. The number of hydrogen-bond acceptors (Lipinski definition) is 2. The summed E-state index contributed by atoms with van der Waals surface area (Å²) < 4.78 is 0. The van der Waals surface area contributed by atoms with Crippen molar-refractivity contribution in [1.29, 1.82) is 0 Å². The number of hydrogen-bond donors (Lipinski definition) is 2. The van der Waals surface area contributed by atoms with Crippen LogP contribution in [0.1, 0.15) is 38.5 Å². The molecule has 18 heavy (non-hydrogen) atoms. The van der Waals surface area contributed by atoms with Gasteiger partial charge < -0.3 is 10.6 Å². The number of benzene rings is 1. The van der Waals surface area contributed by atoms with Gasteiger partial charge in [-0.25, -0.2) is 0 Å². The lowest BCUT2D eigenvalue weighted by Crippen LogP contribution is -2.41. The summed E-state index contributed by atoms with van der Waals surface area (Å²) in [5.41, 5.74) is 1.61. The van der Waals surface area contributed by atoms with E-state index in [0.717, 1.165) is 24.2 Å². The highest BCUT2D eigenvalue weighted by Gasteiger charge is 2.37. The molecule has 0 bridgehead atoms. The molecule has 1 aromatic carbocycles. The predicted octanol–water partition coefficient (Wildman–Crippen LogP) is 3.80. The maximum atomic E-state index is 12.1. The molecule has 1 fully saturated rings. The van der Waals surface area contributed by atoms with E-state index < -0.39 is 0 Å². The Labute approximate surface area is 112 Å². The van der Waals surface area contributed by atoms with Crippen LogP contribution in [-0.2, 0) is 4.79 Å². The SMILES string of the molecule is O=C1CC2(CCCCC2)Nc2cccc(Cl)c2N1. The van der Waals surface area contributed by atoms with Gasteiger partial charge in [0.2, 0.25) is 5.91 Å². The Bertz CT molecular complexity index is 481. The minimum atomic E-state index is -0.0712. The van der Waals surface area contributed by atoms with Crippen molar-refractivity contribution in [3.8, 4) is 0 Å². The third-order valence-corrected chi connectivity index (χ3v) is 4.30. The predicted molar refractivity (Wildman–Crippen MR) is 74.1 cm³/mol. The Morgan fingerprint density at radius 3 is 2.72 bits per heavy atom. The largest absolute Gasteiger partial charge is 0.377 e. The van der Waals surface area contributed by atoms with Crippen LogP contribution in [0.2, 0.25) is 5.02 Å². The molecule has 0 unspecified atom stereocenters. The zero-order valence-electron chi connectivity index (χ0n) is 10.3. The van der Waals surface area contributed by atoms with Gasteiger partial charge in [0.05, 0.1) is 16.4 Å². The second-order valence-corrected chi connectivity index (χ2v) is 5.76. The standard InChI is InChI=1S/C14H17ClN2O/c15-10-5-4-6-11-13(10)16-12(18)9-14(17-11)7-2-1-3-8-14/h4-6,17H,1-3,7-9H2,(H,16,18). The quantitative estimate of drug-likeness (QED) is 0.748. The van der Waals surface area contributed by atoms with E-state index in [1.54, 1.807) is 6.07 Å². The molecule has 1 heterocycles. The molecule has 2 N–H and O–H groups in total. The van der Waals surface area contributed by atoms with Crippen LogP contribution in [0.5, 0.6) is 0 Å². The fourth-order valence-corrected chi connectivity index (χ4v) is 3.33. The number of anilines is 2. The van der Waals surface area contributed by atoms with Crippen molar-refractivity contribution < 1.29 is 4.79 Å². The third-order valence-electron chi connectivity index (χ3n) is 3.99. The van der Waals surface area contributed by atoms with Crippen molar-refractivity contribution in [3.05, 3.63) is 23.2 Å². The van der Waals surface area contributed by atoms with Gasteiger partial charge in [0, 0.05) is 12.0 Å². The van der Waals surface area contributed by atoms with Crippen molar-refractivity contribution in [2.45, 2.75) is 44.1 Å². The lowest BCUT2D eigenvalue weighted by atomic mass is 9.79. The molecule has 1 spiro atoms. The van der Waals surface area contributed by atoms with Crippen LogP contribution in [0.4, 0.5) is 11.4 Å². The van der Waals surface area contributed by atoms with Crippen LogP contribution in [0.15, 0.2) is 18.2 Å². The van der Waals surface area contributed by atoms with E-state index in [1.807, 2.05) is 12.1 Å². The van der Waals surface area contributed by atoms with Gasteiger partial charge in [-0.15, -0.1) is 0 Å². The van der Waals surface area contributed by atoms with Crippen molar-refractivity contribution in [3.63, 3.8) is 0 Å². The first-order valence-corrected chi connectivity index (χ1v) is 6.93. The van der Waals surface area contributed by atoms with Gasteiger partial charge in [0.1, 0.15) is 0 Å². The van der Waals surface area contributed by atoms with Crippen molar-refractivity contribution in [2.24, 2.45) is 0 Å². The Morgan fingerprint density at radius 1 is 1.17 bits per heavy atom. The van der Waals surface area contributed by atoms with E-state index in [9.17, 15) is 4.79 Å². The summed E-state index contributed by atoms with van der Waals surface area (Å²) >= 11 is 6.15. The fraction of sp³-hybridized carbons (Fsp3) is 0.500. The molecule has 4 heteroatoms. The Morgan fingerprint density at radius 2 is 1.94 bits per heavy atom. The molecule has 0 atom stereocenters. The summed E-state index contributed by atoms with van der Waals surface area (Å²) in [5.74, 6) is 0.0660. The number of para-hydroxylation sites is 1. The molecule has 0 saturated heterocycles. The van der Waals surface area contributed by atoms with Gasteiger partial charge in [-0.1, -0.05) is 36.9 Å². The Hall–Kier alpha value is -1.22. The molecule has 3 nitrogen and oxygen atoms in total. The molecule has 3 rings (SSSR count). The van der Waals surface area contributed by atoms with E-state index >= 15 is 0 Å². The fourth-order valence-electron chi connectivity index (χ4n) is 3.11. The first kappa shape index (κ1) is 11.8. The van der Waals surface area contributed by atoms with Crippen molar-refractivity contribution in [2.75, 3.05) is 10.6 Å². The summed E-state index contributed by atoms with van der Waals surface area (Å²) in [7, 11) is 0. The van der Waals surface area contributed by atoms with Crippen molar-refractivity contribution in [1.82, 2.24) is 0 Å². The number of rotatable bonds is 0. The Kier molecular flexibility index (Phi) is 2.94. The minimum absolute atomic E-state index is 0.0660. The number of nitrogens with one attached hydrogen (secondary N) is 2. The van der Waals surface area contributed by atoms with Gasteiger partial charge >= 0.3 is 0 Å². The van der Waals surface area contributed by atoms with Crippen LogP contribution in [0.3, 0.4) is 0 Å². The van der Waals surface area contributed by atoms with Crippen molar-refractivity contribution >= 4 is 28.9 Å². The number of fused-ring (bicyclic) bond motifs is 1. The van der Waals surface area contributed by atoms with Gasteiger partial charge in [-0.2, -0.15) is 0 Å². The highest BCUT2D eigenvalue weighted by atomic mass is 35.5. The van der Waals surface area contributed by atoms with E-state index in [4.69, 9.17) is 11.6 Å². The topological polar surface area (TPSA) is 41.1 Å². The minimum Gasteiger partial charge on any atom is -0.377 e. The van der Waals surface area contributed by atoms with Gasteiger partial charge in [0.25, 0.3) is 0 Å². The smallest absolute Gasteiger partial charge is 0.226 e. The second kappa shape index (κ2) is 4.47. The molecule has 1 amide bonds. The summed E-state index contributed by atoms with van der Waals surface area (Å²) in [4.78, 5) is 12.1. The molecule has 1 aromatic rings. The lowest BCUT2D eigenvalue weighted by Gasteiger charge is -2.37. The van der Waals surface area contributed by atoms with Crippen LogP contribution >= 0.6 is 11.6 Å². The number of halogens is 1. The second-order valence-electron chi connectivity index (χ2n) is 5.35. The normalized spacial score (nSPS) is 21.7. The monoisotopic (exact) mass is 264 g/mol.